The Morgan fingerprint density at radius 2 is 2.16 bits per heavy atom. The van der Waals surface area contributed by atoms with E-state index < -0.39 is 0 Å². The normalized spacial score (nSPS) is 20.3. The second-order valence-electron chi connectivity index (χ2n) is 5.79. The van der Waals surface area contributed by atoms with Crippen molar-refractivity contribution >= 4 is 5.97 Å². The third-order valence-electron chi connectivity index (χ3n) is 4.21. The lowest BCUT2D eigenvalue weighted by Gasteiger charge is -2.28. The molecule has 0 radical (unpaired) electrons. The number of carbonyl (C=O) groups excluding carboxylic acids is 1. The molecule has 0 fully saturated rings. The first-order chi connectivity index (χ1) is 9.02. The van der Waals surface area contributed by atoms with Crippen LogP contribution in [0.25, 0.3) is 0 Å². The van der Waals surface area contributed by atoms with Crippen molar-refractivity contribution < 1.29 is 14.6 Å². The Balaban J connectivity index is 2.32. The summed E-state index contributed by atoms with van der Waals surface area (Å²) in [5.41, 5.74) is 1.23. The zero-order chi connectivity index (χ0) is 14.3. The van der Waals surface area contributed by atoms with Gasteiger partial charge in [0.2, 0.25) is 0 Å². The lowest BCUT2D eigenvalue weighted by molar-refractivity contribution is -0.141. The molecular weight excluding hydrogens is 240 g/mol. The van der Waals surface area contributed by atoms with Crippen molar-refractivity contribution in [3.8, 4) is 0 Å². The highest BCUT2D eigenvalue weighted by Gasteiger charge is 2.24. The van der Waals surface area contributed by atoms with Gasteiger partial charge in [-0.2, -0.15) is 0 Å². The minimum absolute atomic E-state index is 0.215. The quantitative estimate of drug-likeness (QED) is 0.437. The molecule has 0 aromatic rings. The van der Waals surface area contributed by atoms with Crippen LogP contribution in [0.3, 0.4) is 0 Å². The van der Waals surface area contributed by atoms with Crippen molar-refractivity contribution in [3.63, 3.8) is 0 Å². The van der Waals surface area contributed by atoms with E-state index >= 15 is 0 Å². The molecule has 0 spiro atoms. The van der Waals surface area contributed by atoms with Gasteiger partial charge in [-0.3, -0.25) is 4.79 Å². The van der Waals surface area contributed by atoms with Gasteiger partial charge in [-0.15, -0.1) is 0 Å². The van der Waals surface area contributed by atoms with E-state index in [4.69, 9.17) is 4.74 Å². The number of allylic oxidation sites excluding steroid dienone is 1. The number of carbonyl (C=O) groups is 1. The molecule has 1 aliphatic carbocycles. The molecule has 3 nitrogen and oxygen atoms in total. The van der Waals surface area contributed by atoms with Crippen LogP contribution in [0.5, 0.6) is 0 Å². The van der Waals surface area contributed by atoms with Gasteiger partial charge in [-0.05, 0) is 55.9 Å². The third-order valence-corrected chi connectivity index (χ3v) is 4.21. The molecule has 0 aliphatic heterocycles. The number of rotatable bonds is 7. The van der Waals surface area contributed by atoms with E-state index in [9.17, 15) is 9.90 Å². The van der Waals surface area contributed by atoms with Crippen molar-refractivity contribution in [2.24, 2.45) is 11.8 Å². The summed E-state index contributed by atoms with van der Waals surface area (Å²) >= 11 is 0. The van der Waals surface area contributed by atoms with Crippen LogP contribution in [-0.4, -0.2) is 23.8 Å². The summed E-state index contributed by atoms with van der Waals surface area (Å²) in [5.74, 6) is 0.489. The highest BCUT2D eigenvalue weighted by Crippen LogP contribution is 2.29. The number of aliphatic hydroxyl groups is 1. The molecule has 3 unspecified atom stereocenters. The maximum atomic E-state index is 10.7. The zero-order valence-corrected chi connectivity index (χ0v) is 12.5. The number of esters is 1. The Morgan fingerprint density at radius 3 is 2.74 bits per heavy atom. The van der Waals surface area contributed by atoms with Gasteiger partial charge in [0.25, 0.3) is 0 Å². The van der Waals surface area contributed by atoms with Crippen LogP contribution in [0.1, 0.15) is 59.3 Å². The van der Waals surface area contributed by atoms with Crippen molar-refractivity contribution in [2.75, 3.05) is 6.61 Å². The molecule has 0 bridgehead atoms. The molecule has 110 valence electrons. The monoisotopic (exact) mass is 268 g/mol. The first kappa shape index (κ1) is 16.2. The summed E-state index contributed by atoms with van der Waals surface area (Å²) in [6, 6.07) is 0. The van der Waals surface area contributed by atoms with Gasteiger partial charge in [0.15, 0.2) is 0 Å². The Kier molecular flexibility index (Phi) is 7.14. The molecule has 1 rings (SSSR count). The molecule has 1 aliphatic rings. The van der Waals surface area contributed by atoms with Crippen LogP contribution in [0.4, 0.5) is 0 Å². The lowest BCUT2D eigenvalue weighted by atomic mass is 9.81. The number of aliphatic hydroxyl groups excluding tert-OH is 1. The van der Waals surface area contributed by atoms with E-state index in [1.165, 1.54) is 25.3 Å². The van der Waals surface area contributed by atoms with E-state index in [1.54, 1.807) is 0 Å². The smallest absolute Gasteiger partial charge is 0.302 e. The van der Waals surface area contributed by atoms with Gasteiger partial charge < -0.3 is 9.84 Å². The highest BCUT2D eigenvalue weighted by atomic mass is 16.5. The van der Waals surface area contributed by atoms with Crippen molar-refractivity contribution in [1.82, 2.24) is 0 Å². The average molecular weight is 268 g/mol. The number of hydrogen-bond acceptors (Lipinski definition) is 3. The second-order valence-corrected chi connectivity index (χ2v) is 5.79. The molecule has 0 aromatic heterocycles. The first-order valence-electron chi connectivity index (χ1n) is 7.52. The van der Waals surface area contributed by atoms with E-state index in [2.05, 4.69) is 19.9 Å². The first-order valence-corrected chi connectivity index (χ1v) is 7.52. The van der Waals surface area contributed by atoms with Crippen molar-refractivity contribution in [3.05, 3.63) is 11.6 Å². The van der Waals surface area contributed by atoms with Crippen LogP contribution in [0.2, 0.25) is 0 Å². The molecule has 0 amide bonds. The fraction of sp³-hybridized carbons (Fsp3) is 0.812. The van der Waals surface area contributed by atoms with Crippen LogP contribution in [0, 0.1) is 11.8 Å². The van der Waals surface area contributed by atoms with Gasteiger partial charge in [0.1, 0.15) is 0 Å². The molecule has 19 heavy (non-hydrogen) atoms. The highest BCUT2D eigenvalue weighted by molar-refractivity contribution is 5.65. The van der Waals surface area contributed by atoms with Crippen molar-refractivity contribution in [2.45, 2.75) is 65.4 Å². The lowest BCUT2D eigenvalue weighted by Crippen LogP contribution is -2.27. The van der Waals surface area contributed by atoms with E-state index in [1.807, 2.05) is 0 Å². The number of hydrogen-bond donors (Lipinski definition) is 1. The number of ether oxygens (including phenoxy) is 1. The topological polar surface area (TPSA) is 46.5 Å². The standard InChI is InChI=1S/C16H28O3/c1-12(8-7-11-19-14(3)17)13(2)16(18)15-9-5-4-6-10-15/h9,12-13,16,18H,4-8,10-11H2,1-3H3. The second kappa shape index (κ2) is 8.36. The third kappa shape index (κ3) is 5.77. The minimum atomic E-state index is -0.302. The summed E-state index contributed by atoms with van der Waals surface area (Å²) in [5, 5.41) is 10.4. The van der Waals surface area contributed by atoms with E-state index in [0.29, 0.717) is 12.5 Å². The maximum Gasteiger partial charge on any atom is 0.302 e. The molecule has 3 heteroatoms. The fourth-order valence-electron chi connectivity index (χ4n) is 2.66. The Labute approximate surface area is 117 Å². The van der Waals surface area contributed by atoms with Gasteiger partial charge in [-0.25, -0.2) is 0 Å². The van der Waals surface area contributed by atoms with Gasteiger partial charge in [0.05, 0.1) is 12.7 Å². The molecule has 3 atom stereocenters. The Hall–Kier alpha value is -0.830. The van der Waals surface area contributed by atoms with Gasteiger partial charge in [-0.1, -0.05) is 19.9 Å². The van der Waals surface area contributed by atoms with Crippen LogP contribution in [0.15, 0.2) is 11.6 Å². The summed E-state index contributed by atoms with van der Waals surface area (Å²) in [6.45, 7) is 6.22. The largest absolute Gasteiger partial charge is 0.466 e. The average Bonchev–Trinajstić information content (AvgIpc) is 2.42. The predicted octanol–water partition coefficient (Wildman–Crippen LogP) is 3.46. The minimum Gasteiger partial charge on any atom is -0.466 e. The Bertz CT molecular complexity index is 309. The van der Waals surface area contributed by atoms with Crippen LogP contribution >= 0.6 is 0 Å². The fourth-order valence-corrected chi connectivity index (χ4v) is 2.66. The maximum absolute atomic E-state index is 10.7. The van der Waals surface area contributed by atoms with Crippen LogP contribution < -0.4 is 0 Å². The van der Waals surface area contributed by atoms with Crippen molar-refractivity contribution in [1.29, 1.82) is 0 Å². The summed E-state index contributed by atoms with van der Waals surface area (Å²) in [4.78, 5) is 10.7. The van der Waals surface area contributed by atoms with Crippen LogP contribution in [-0.2, 0) is 9.53 Å². The summed E-state index contributed by atoms with van der Waals surface area (Å²) in [6.07, 6.45) is 8.39. The summed E-state index contributed by atoms with van der Waals surface area (Å²) < 4.78 is 4.94. The molecule has 0 heterocycles. The zero-order valence-electron chi connectivity index (χ0n) is 12.5. The predicted molar refractivity (Wildman–Crippen MR) is 76.8 cm³/mol. The molecule has 0 aromatic carbocycles. The summed E-state index contributed by atoms with van der Waals surface area (Å²) in [7, 11) is 0. The van der Waals surface area contributed by atoms with E-state index in [0.717, 1.165) is 25.7 Å². The van der Waals surface area contributed by atoms with Gasteiger partial charge in [0, 0.05) is 6.92 Å². The SMILES string of the molecule is CC(=O)OCCCC(C)C(C)C(O)C1=CCCCC1. The molecule has 1 N–H and O–H groups in total. The molecular formula is C16H28O3. The van der Waals surface area contributed by atoms with E-state index in [-0.39, 0.29) is 18.0 Å². The molecule has 0 saturated heterocycles. The Morgan fingerprint density at radius 1 is 1.42 bits per heavy atom. The van der Waals surface area contributed by atoms with Gasteiger partial charge >= 0.3 is 5.97 Å². The molecule has 0 saturated carbocycles.